The highest BCUT2D eigenvalue weighted by Gasteiger charge is 2.30. The number of hydrogen-bond donors (Lipinski definition) is 1. The van der Waals surface area contributed by atoms with Crippen molar-refractivity contribution < 1.29 is 9.59 Å². The van der Waals surface area contributed by atoms with Gasteiger partial charge in [0.1, 0.15) is 0 Å². The Bertz CT molecular complexity index is 1140. The summed E-state index contributed by atoms with van der Waals surface area (Å²) in [6.07, 6.45) is 1.96. The molecule has 2 aromatic heterocycles. The van der Waals surface area contributed by atoms with Crippen molar-refractivity contribution >= 4 is 17.5 Å². The fourth-order valence-corrected chi connectivity index (χ4v) is 4.49. The fraction of sp³-hybridized carbons (Fsp3) is 0.440. The second kappa shape index (κ2) is 9.10. The highest BCUT2D eigenvalue weighted by Crippen LogP contribution is 2.29. The summed E-state index contributed by atoms with van der Waals surface area (Å²) in [6, 6.07) is 11.6. The van der Waals surface area contributed by atoms with Crippen LogP contribution in [0.4, 0.5) is 0 Å². The molecule has 1 N–H and O–H groups in total. The lowest BCUT2D eigenvalue weighted by atomic mass is 10.1. The Kier molecular flexibility index (Phi) is 6.26. The van der Waals surface area contributed by atoms with E-state index in [1.165, 1.54) is 0 Å². The molecule has 0 spiro atoms. The molecule has 7 heteroatoms. The third kappa shape index (κ3) is 4.52. The van der Waals surface area contributed by atoms with Gasteiger partial charge >= 0.3 is 0 Å². The first-order valence-electron chi connectivity index (χ1n) is 11.3. The molecule has 0 radical (unpaired) electrons. The summed E-state index contributed by atoms with van der Waals surface area (Å²) >= 11 is 0. The zero-order valence-electron chi connectivity index (χ0n) is 19.3. The van der Waals surface area contributed by atoms with Crippen LogP contribution in [0.1, 0.15) is 65.6 Å². The number of benzene rings is 1. The van der Waals surface area contributed by atoms with Gasteiger partial charge in [-0.1, -0.05) is 18.2 Å². The second-order valence-corrected chi connectivity index (χ2v) is 8.93. The van der Waals surface area contributed by atoms with Gasteiger partial charge in [0.05, 0.1) is 5.69 Å². The molecule has 4 rings (SSSR count). The van der Waals surface area contributed by atoms with Crippen LogP contribution >= 0.6 is 0 Å². The quantitative estimate of drug-likeness (QED) is 0.646. The molecule has 3 heterocycles. The maximum Gasteiger partial charge on any atom is 0.253 e. The summed E-state index contributed by atoms with van der Waals surface area (Å²) in [4.78, 5) is 31.6. The molecule has 7 nitrogen and oxygen atoms in total. The van der Waals surface area contributed by atoms with Gasteiger partial charge in [-0.15, -0.1) is 0 Å². The van der Waals surface area contributed by atoms with Gasteiger partial charge in [-0.3, -0.25) is 9.59 Å². The van der Waals surface area contributed by atoms with Gasteiger partial charge in [0.15, 0.2) is 5.65 Å². The van der Waals surface area contributed by atoms with E-state index in [-0.39, 0.29) is 23.8 Å². The number of hydrogen-bond acceptors (Lipinski definition) is 4. The Labute approximate surface area is 188 Å². The first kappa shape index (κ1) is 22.0. The molecular formula is C25H31N5O2. The van der Waals surface area contributed by atoms with E-state index in [2.05, 4.69) is 5.32 Å². The Morgan fingerprint density at radius 3 is 2.66 bits per heavy atom. The van der Waals surface area contributed by atoms with Crippen molar-refractivity contribution in [3.8, 4) is 0 Å². The number of rotatable bonds is 6. The predicted molar refractivity (Wildman–Crippen MR) is 124 cm³/mol. The van der Waals surface area contributed by atoms with E-state index in [1.54, 1.807) is 0 Å². The number of aryl methyl sites for hydroxylation is 2. The molecule has 1 atom stereocenters. The van der Waals surface area contributed by atoms with Crippen LogP contribution in [0, 0.1) is 13.8 Å². The van der Waals surface area contributed by atoms with Crippen molar-refractivity contribution in [2.75, 3.05) is 13.1 Å². The summed E-state index contributed by atoms with van der Waals surface area (Å²) < 4.78 is 1.89. The monoisotopic (exact) mass is 433 g/mol. The van der Waals surface area contributed by atoms with Crippen LogP contribution < -0.4 is 5.32 Å². The third-order valence-electron chi connectivity index (χ3n) is 6.15. The minimum Gasteiger partial charge on any atom is -0.354 e. The van der Waals surface area contributed by atoms with E-state index in [4.69, 9.17) is 10.1 Å². The van der Waals surface area contributed by atoms with E-state index in [0.717, 1.165) is 46.8 Å². The number of nitrogens with one attached hydrogen (secondary N) is 1. The van der Waals surface area contributed by atoms with Crippen LogP contribution in [-0.2, 0) is 11.2 Å². The maximum absolute atomic E-state index is 12.8. The van der Waals surface area contributed by atoms with Gasteiger partial charge in [0.2, 0.25) is 5.91 Å². The lowest BCUT2D eigenvalue weighted by Gasteiger charge is -2.16. The summed E-state index contributed by atoms with van der Waals surface area (Å²) in [6.45, 7) is 9.35. The number of nitrogens with zero attached hydrogens (tertiary/aromatic N) is 4. The average molecular weight is 434 g/mol. The lowest BCUT2D eigenvalue weighted by molar-refractivity contribution is -0.121. The summed E-state index contributed by atoms with van der Waals surface area (Å²) in [7, 11) is 0. The van der Waals surface area contributed by atoms with E-state index >= 15 is 0 Å². The minimum atomic E-state index is 0.0502. The number of carbonyl (C=O) groups is 2. The zero-order valence-corrected chi connectivity index (χ0v) is 19.3. The normalized spacial score (nSPS) is 16.2. The largest absolute Gasteiger partial charge is 0.354 e. The van der Waals surface area contributed by atoms with Crippen LogP contribution in [0.15, 0.2) is 36.4 Å². The Hall–Kier alpha value is -3.22. The van der Waals surface area contributed by atoms with Crippen molar-refractivity contribution in [3.05, 3.63) is 64.6 Å². The van der Waals surface area contributed by atoms with Crippen LogP contribution in [0.5, 0.6) is 0 Å². The molecule has 1 fully saturated rings. The molecule has 3 aromatic rings. The molecule has 32 heavy (non-hydrogen) atoms. The smallest absolute Gasteiger partial charge is 0.253 e. The summed E-state index contributed by atoms with van der Waals surface area (Å²) in [5.41, 5.74) is 5.54. The topological polar surface area (TPSA) is 79.6 Å². The van der Waals surface area contributed by atoms with Crippen molar-refractivity contribution in [2.45, 2.75) is 58.9 Å². The fourth-order valence-electron chi connectivity index (χ4n) is 4.49. The van der Waals surface area contributed by atoms with Gasteiger partial charge in [-0.05, 0) is 58.2 Å². The van der Waals surface area contributed by atoms with Gasteiger partial charge < -0.3 is 10.2 Å². The second-order valence-electron chi connectivity index (χ2n) is 8.93. The number of likely N-dealkylation sites (tertiary alicyclic amines) is 1. The van der Waals surface area contributed by atoms with Gasteiger partial charge in [0.25, 0.3) is 5.91 Å². The molecule has 1 aliphatic rings. The van der Waals surface area contributed by atoms with Crippen LogP contribution in [0.3, 0.4) is 0 Å². The molecule has 0 bridgehead atoms. The Balaban J connectivity index is 1.51. The average Bonchev–Trinajstić information content (AvgIpc) is 3.40. The molecule has 0 unspecified atom stereocenters. The van der Waals surface area contributed by atoms with E-state index < -0.39 is 0 Å². The first-order chi connectivity index (χ1) is 15.3. The van der Waals surface area contributed by atoms with Crippen molar-refractivity contribution in [1.82, 2.24) is 24.8 Å². The minimum absolute atomic E-state index is 0.0502. The number of aromatic nitrogens is 3. The van der Waals surface area contributed by atoms with Crippen molar-refractivity contribution in [2.24, 2.45) is 0 Å². The maximum atomic E-state index is 12.8. The van der Waals surface area contributed by atoms with Gasteiger partial charge in [-0.25, -0.2) is 9.50 Å². The molecule has 0 aliphatic carbocycles. The van der Waals surface area contributed by atoms with E-state index in [9.17, 15) is 9.59 Å². The SMILES string of the molecule is Cc1nc2cc([C@H]3CCN(C(=O)c4ccccc4)C3)nn2c(C)c1CCC(=O)NC(C)C. The van der Waals surface area contributed by atoms with Gasteiger partial charge in [-0.2, -0.15) is 5.10 Å². The lowest BCUT2D eigenvalue weighted by Crippen LogP contribution is -2.30. The van der Waals surface area contributed by atoms with Crippen LogP contribution in [0.25, 0.3) is 5.65 Å². The predicted octanol–water partition coefficient (Wildman–Crippen LogP) is 3.43. The standard InChI is InChI=1S/C25H31N5O2/c1-16(2)26-24(31)11-10-21-17(3)27-23-14-22(28-30(23)18(21)4)20-12-13-29(15-20)25(32)19-8-6-5-7-9-19/h5-9,14,16,20H,10-13,15H2,1-4H3,(H,26,31)/t20-/m0/s1. The van der Waals surface area contributed by atoms with Gasteiger partial charge in [0, 0.05) is 54.5 Å². The molecule has 1 aromatic carbocycles. The molecule has 2 amide bonds. The first-order valence-corrected chi connectivity index (χ1v) is 11.3. The molecular weight excluding hydrogens is 402 g/mol. The molecule has 1 aliphatic heterocycles. The highest BCUT2D eigenvalue weighted by molar-refractivity contribution is 5.94. The van der Waals surface area contributed by atoms with E-state index in [1.807, 2.05) is 73.5 Å². The Morgan fingerprint density at radius 1 is 1.19 bits per heavy atom. The van der Waals surface area contributed by atoms with Crippen LogP contribution in [-0.4, -0.2) is 50.4 Å². The Morgan fingerprint density at radius 2 is 1.94 bits per heavy atom. The number of fused-ring (bicyclic) bond motifs is 1. The number of amides is 2. The number of carbonyl (C=O) groups excluding carboxylic acids is 2. The zero-order chi connectivity index (χ0) is 22.8. The van der Waals surface area contributed by atoms with Crippen molar-refractivity contribution in [3.63, 3.8) is 0 Å². The molecule has 168 valence electrons. The van der Waals surface area contributed by atoms with Crippen LogP contribution in [0.2, 0.25) is 0 Å². The summed E-state index contributed by atoms with van der Waals surface area (Å²) in [5.74, 6) is 0.322. The highest BCUT2D eigenvalue weighted by atomic mass is 16.2. The van der Waals surface area contributed by atoms with Crippen molar-refractivity contribution in [1.29, 1.82) is 0 Å². The van der Waals surface area contributed by atoms with E-state index in [0.29, 0.717) is 19.4 Å². The third-order valence-corrected chi connectivity index (χ3v) is 6.15. The molecule has 0 saturated carbocycles. The summed E-state index contributed by atoms with van der Waals surface area (Å²) in [5, 5.41) is 7.80. The molecule has 1 saturated heterocycles.